The lowest BCUT2D eigenvalue weighted by Crippen LogP contribution is -2.31. The minimum absolute atomic E-state index is 0.168. The summed E-state index contributed by atoms with van der Waals surface area (Å²) in [6, 6.07) is 2.10. The van der Waals surface area contributed by atoms with Gasteiger partial charge >= 0.3 is 5.97 Å². The van der Waals surface area contributed by atoms with Crippen molar-refractivity contribution < 1.29 is 14.3 Å². The lowest BCUT2D eigenvalue weighted by molar-refractivity contribution is 0.0607. The Labute approximate surface area is 128 Å². The van der Waals surface area contributed by atoms with E-state index in [9.17, 15) is 10.1 Å². The highest BCUT2D eigenvalue weighted by Crippen LogP contribution is 2.38. The van der Waals surface area contributed by atoms with Crippen LogP contribution in [0.2, 0.25) is 0 Å². The molecular formula is C14H19N3O3S. The van der Waals surface area contributed by atoms with Gasteiger partial charge in [0.25, 0.3) is 0 Å². The zero-order valence-corrected chi connectivity index (χ0v) is 13.0. The molecule has 0 spiro atoms. The van der Waals surface area contributed by atoms with Gasteiger partial charge in [-0.15, -0.1) is 11.3 Å². The van der Waals surface area contributed by atoms with Gasteiger partial charge in [-0.05, 0) is 19.8 Å². The number of anilines is 2. The van der Waals surface area contributed by atoms with E-state index in [0.29, 0.717) is 17.1 Å². The lowest BCUT2D eigenvalue weighted by Gasteiger charge is -2.24. The zero-order chi connectivity index (χ0) is 15.4. The quantitative estimate of drug-likeness (QED) is 0.837. The van der Waals surface area contributed by atoms with Crippen LogP contribution < -0.4 is 10.6 Å². The molecule has 0 amide bonds. The number of nitrogen functional groups attached to an aromatic ring is 1. The summed E-state index contributed by atoms with van der Waals surface area (Å²) in [5.74, 6) is -0.506. The normalized spacial score (nSPS) is 17.5. The van der Waals surface area contributed by atoms with E-state index in [1.54, 1.807) is 0 Å². The number of carbonyl (C=O) groups excluding carboxylic acids is 1. The molecular weight excluding hydrogens is 290 g/mol. The van der Waals surface area contributed by atoms with Gasteiger partial charge in [0.2, 0.25) is 0 Å². The largest absolute Gasteiger partial charge is 0.465 e. The summed E-state index contributed by atoms with van der Waals surface area (Å²) < 4.78 is 10.4. The number of hydrogen-bond donors (Lipinski definition) is 1. The summed E-state index contributed by atoms with van der Waals surface area (Å²) in [7, 11) is 1.30. The number of nitriles is 1. The Hall–Kier alpha value is -1.78. The predicted octanol–water partition coefficient (Wildman–Crippen LogP) is 1.99. The molecule has 1 aromatic rings. The highest BCUT2D eigenvalue weighted by molar-refractivity contribution is 7.18. The number of hydrogen-bond acceptors (Lipinski definition) is 7. The highest BCUT2D eigenvalue weighted by atomic mass is 32.1. The van der Waals surface area contributed by atoms with Gasteiger partial charge in [0.05, 0.1) is 18.9 Å². The van der Waals surface area contributed by atoms with E-state index < -0.39 is 5.97 Å². The number of likely N-dealkylation sites (N-methyl/N-ethyl adjacent to an activating group) is 1. The molecule has 0 saturated carbocycles. The fourth-order valence-corrected chi connectivity index (χ4v) is 3.56. The molecule has 21 heavy (non-hydrogen) atoms. The summed E-state index contributed by atoms with van der Waals surface area (Å²) in [6.07, 6.45) is 2.25. The second-order valence-corrected chi connectivity index (χ2v) is 5.80. The first-order chi connectivity index (χ1) is 10.1. The molecule has 2 N–H and O–H groups in total. The molecule has 7 heteroatoms. The van der Waals surface area contributed by atoms with Crippen molar-refractivity contribution >= 4 is 28.0 Å². The van der Waals surface area contributed by atoms with Gasteiger partial charge in [-0.3, -0.25) is 0 Å². The summed E-state index contributed by atoms with van der Waals surface area (Å²) >= 11 is 1.21. The summed E-state index contributed by atoms with van der Waals surface area (Å²) in [4.78, 5) is 14.1. The van der Waals surface area contributed by atoms with Gasteiger partial charge in [-0.2, -0.15) is 5.26 Å². The van der Waals surface area contributed by atoms with Gasteiger partial charge in [0.1, 0.15) is 21.5 Å². The van der Waals surface area contributed by atoms with Gasteiger partial charge in [0.15, 0.2) is 0 Å². The Balaban J connectivity index is 2.31. The average molecular weight is 309 g/mol. The van der Waals surface area contributed by atoms with Crippen molar-refractivity contribution in [3.8, 4) is 6.07 Å². The van der Waals surface area contributed by atoms with Crippen molar-refractivity contribution in [2.24, 2.45) is 0 Å². The Morgan fingerprint density at radius 3 is 2.95 bits per heavy atom. The van der Waals surface area contributed by atoms with E-state index in [2.05, 4.69) is 6.07 Å². The van der Waals surface area contributed by atoms with Crippen LogP contribution in [0.3, 0.4) is 0 Å². The van der Waals surface area contributed by atoms with Crippen LogP contribution in [-0.4, -0.2) is 38.9 Å². The average Bonchev–Trinajstić information content (AvgIpc) is 3.11. The summed E-state index contributed by atoms with van der Waals surface area (Å²) in [5, 5.41) is 10.1. The molecule has 1 aliphatic heterocycles. The van der Waals surface area contributed by atoms with Crippen molar-refractivity contribution in [1.29, 1.82) is 5.26 Å². The lowest BCUT2D eigenvalue weighted by atomic mass is 10.2. The molecule has 0 radical (unpaired) electrons. The second kappa shape index (κ2) is 6.78. The first kappa shape index (κ1) is 15.6. The van der Waals surface area contributed by atoms with Crippen LogP contribution >= 0.6 is 11.3 Å². The van der Waals surface area contributed by atoms with Crippen molar-refractivity contribution in [3.05, 3.63) is 10.4 Å². The molecule has 0 aliphatic carbocycles. The van der Waals surface area contributed by atoms with E-state index in [1.165, 1.54) is 18.4 Å². The van der Waals surface area contributed by atoms with E-state index in [1.807, 2.05) is 11.8 Å². The molecule has 2 heterocycles. The van der Waals surface area contributed by atoms with E-state index in [0.717, 1.165) is 26.0 Å². The Morgan fingerprint density at radius 2 is 2.43 bits per heavy atom. The molecule has 6 nitrogen and oxygen atoms in total. The number of rotatable bonds is 5. The molecule has 1 atom stereocenters. The summed E-state index contributed by atoms with van der Waals surface area (Å²) in [5.41, 5.74) is 6.47. The van der Waals surface area contributed by atoms with Crippen LogP contribution in [0, 0.1) is 11.3 Å². The van der Waals surface area contributed by atoms with Gasteiger partial charge < -0.3 is 20.1 Å². The molecule has 1 aromatic heterocycles. The van der Waals surface area contributed by atoms with Crippen LogP contribution in [0.15, 0.2) is 0 Å². The fourth-order valence-electron chi connectivity index (χ4n) is 2.40. The maximum Gasteiger partial charge on any atom is 0.350 e. The number of carbonyl (C=O) groups is 1. The summed E-state index contributed by atoms with van der Waals surface area (Å²) in [6.45, 7) is 4.21. The Kier molecular flexibility index (Phi) is 5.04. The molecule has 0 bridgehead atoms. The zero-order valence-electron chi connectivity index (χ0n) is 12.2. The molecule has 1 unspecified atom stereocenters. The maximum atomic E-state index is 11.7. The van der Waals surface area contributed by atoms with Crippen LogP contribution in [0.4, 0.5) is 10.7 Å². The molecule has 0 aromatic carbocycles. The number of methoxy groups -OCH3 is 1. The van der Waals surface area contributed by atoms with Crippen molar-refractivity contribution in [1.82, 2.24) is 0 Å². The smallest absolute Gasteiger partial charge is 0.350 e. The van der Waals surface area contributed by atoms with E-state index >= 15 is 0 Å². The molecule has 1 aliphatic rings. The standard InChI is InChI=1S/C14H19N3O3S/c1-3-17(8-9-5-4-6-20-9)13-10(7-15)11(16)12(21-13)14(18)19-2/h9H,3-6,8,16H2,1-2H3. The van der Waals surface area contributed by atoms with E-state index in [4.69, 9.17) is 15.2 Å². The van der Waals surface area contributed by atoms with Crippen molar-refractivity contribution in [3.63, 3.8) is 0 Å². The Morgan fingerprint density at radius 1 is 1.67 bits per heavy atom. The number of nitrogens with zero attached hydrogens (tertiary/aromatic N) is 2. The second-order valence-electron chi connectivity index (χ2n) is 4.80. The SMILES string of the molecule is CCN(CC1CCCO1)c1sc(C(=O)OC)c(N)c1C#N. The third kappa shape index (κ3) is 3.12. The third-order valence-electron chi connectivity index (χ3n) is 3.53. The van der Waals surface area contributed by atoms with Crippen molar-refractivity contribution in [2.75, 3.05) is 37.4 Å². The van der Waals surface area contributed by atoms with Crippen LogP contribution in [0.25, 0.3) is 0 Å². The topological polar surface area (TPSA) is 88.6 Å². The fraction of sp³-hybridized carbons (Fsp3) is 0.571. The molecule has 1 fully saturated rings. The number of thiophene rings is 1. The number of esters is 1. The number of ether oxygens (including phenoxy) is 2. The van der Waals surface area contributed by atoms with Gasteiger partial charge in [-0.1, -0.05) is 0 Å². The van der Waals surface area contributed by atoms with Crippen molar-refractivity contribution in [2.45, 2.75) is 25.9 Å². The molecule has 114 valence electrons. The van der Waals surface area contributed by atoms with Gasteiger partial charge in [-0.25, -0.2) is 4.79 Å². The predicted molar refractivity (Wildman–Crippen MR) is 81.6 cm³/mol. The first-order valence-corrected chi connectivity index (χ1v) is 7.71. The Bertz CT molecular complexity index is 559. The molecule has 1 saturated heterocycles. The monoisotopic (exact) mass is 309 g/mol. The van der Waals surface area contributed by atoms with Crippen LogP contribution in [-0.2, 0) is 9.47 Å². The van der Waals surface area contributed by atoms with E-state index in [-0.39, 0.29) is 16.7 Å². The third-order valence-corrected chi connectivity index (χ3v) is 4.77. The van der Waals surface area contributed by atoms with Crippen LogP contribution in [0.1, 0.15) is 35.0 Å². The minimum Gasteiger partial charge on any atom is -0.465 e. The minimum atomic E-state index is -0.506. The molecule has 2 rings (SSSR count). The van der Waals surface area contributed by atoms with Crippen LogP contribution in [0.5, 0.6) is 0 Å². The maximum absolute atomic E-state index is 11.7. The highest BCUT2D eigenvalue weighted by Gasteiger charge is 2.26. The number of nitrogens with two attached hydrogens (primary N) is 1. The van der Waals surface area contributed by atoms with Gasteiger partial charge in [0, 0.05) is 19.7 Å². The first-order valence-electron chi connectivity index (χ1n) is 6.89.